The number of hydrogen-bond donors (Lipinski definition) is 2. The normalized spacial score (nSPS) is 15.8. The molecule has 3 aromatic rings. The minimum atomic E-state index is -0.960. The predicted molar refractivity (Wildman–Crippen MR) is 125 cm³/mol. The number of nitriles is 1. The molecule has 1 fully saturated rings. The van der Waals surface area contributed by atoms with Gasteiger partial charge in [0.1, 0.15) is 0 Å². The highest BCUT2D eigenvalue weighted by Gasteiger charge is 2.42. The third-order valence-corrected chi connectivity index (χ3v) is 6.57. The molecule has 2 aromatic heterocycles. The zero-order chi connectivity index (χ0) is 23.0. The minimum absolute atomic E-state index is 0.223. The van der Waals surface area contributed by atoms with Crippen LogP contribution in [0, 0.1) is 25.2 Å². The Morgan fingerprint density at radius 2 is 1.94 bits per heavy atom. The third-order valence-electron chi connectivity index (χ3n) is 5.55. The van der Waals surface area contributed by atoms with Crippen molar-refractivity contribution in [3.05, 3.63) is 53.3 Å². The third kappa shape index (κ3) is 4.35. The standard InChI is InChI=1S/C24H25N5O2S/c1-14-10-18(11-15(2)26-14)21-20(17-7-5-6-16(12-17)13-25)27-22(32-21)28-23(30)29-9-8-19(29)24(3,4)31/h5-7,10-12,19,31H,8-9H2,1-4H3,(H,27,28,30)/t19-/m0/s1. The number of nitrogens with one attached hydrogen (secondary N) is 1. The lowest BCUT2D eigenvalue weighted by Crippen LogP contribution is -2.61. The van der Waals surface area contributed by atoms with E-state index < -0.39 is 5.60 Å². The maximum absolute atomic E-state index is 12.9. The van der Waals surface area contributed by atoms with Crippen molar-refractivity contribution in [3.8, 4) is 27.8 Å². The molecule has 1 saturated heterocycles. The van der Waals surface area contributed by atoms with Gasteiger partial charge in [-0.15, -0.1) is 0 Å². The van der Waals surface area contributed by atoms with Crippen LogP contribution >= 0.6 is 11.3 Å². The first kappa shape index (κ1) is 21.9. The van der Waals surface area contributed by atoms with Crippen molar-refractivity contribution in [2.45, 2.75) is 45.8 Å². The van der Waals surface area contributed by atoms with Crippen molar-refractivity contribution in [2.75, 3.05) is 11.9 Å². The van der Waals surface area contributed by atoms with Gasteiger partial charge in [-0.2, -0.15) is 5.26 Å². The minimum Gasteiger partial charge on any atom is -0.388 e. The summed E-state index contributed by atoms with van der Waals surface area (Å²) >= 11 is 1.38. The molecule has 1 aliphatic heterocycles. The summed E-state index contributed by atoms with van der Waals surface area (Å²) in [7, 11) is 0. The molecule has 0 radical (unpaired) electrons. The van der Waals surface area contributed by atoms with Gasteiger partial charge in [0.25, 0.3) is 0 Å². The van der Waals surface area contributed by atoms with Gasteiger partial charge in [-0.05, 0) is 63.9 Å². The van der Waals surface area contributed by atoms with Crippen LogP contribution in [0.2, 0.25) is 0 Å². The maximum atomic E-state index is 12.9. The average Bonchev–Trinajstić information content (AvgIpc) is 3.08. The van der Waals surface area contributed by atoms with Crippen LogP contribution in [-0.4, -0.2) is 44.2 Å². The highest BCUT2D eigenvalue weighted by atomic mass is 32.1. The number of likely N-dealkylation sites (tertiary alicyclic amines) is 1. The summed E-state index contributed by atoms with van der Waals surface area (Å²) in [6, 6.07) is 12.9. The number of aryl methyl sites for hydroxylation is 2. The summed E-state index contributed by atoms with van der Waals surface area (Å²) < 4.78 is 0. The second-order valence-corrected chi connectivity index (χ2v) is 9.61. The van der Waals surface area contributed by atoms with E-state index in [4.69, 9.17) is 4.98 Å². The van der Waals surface area contributed by atoms with E-state index in [-0.39, 0.29) is 12.1 Å². The van der Waals surface area contributed by atoms with Crippen molar-refractivity contribution in [2.24, 2.45) is 0 Å². The van der Waals surface area contributed by atoms with E-state index in [2.05, 4.69) is 16.4 Å². The van der Waals surface area contributed by atoms with Gasteiger partial charge in [-0.3, -0.25) is 10.3 Å². The molecule has 1 aromatic carbocycles. The predicted octanol–water partition coefficient (Wildman–Crippen LogP) is 4.74. The summed E-state index contributed by atoms with van der Waals surface area (Å²) in [6.07, 6.45) is 0.766. The molecule has 7 nitrogen and oxygen atoms in total. The highest BCUT2D eigenvalue weighted by Crippen LogP contribution is 2.40. The summed E-state index contributed by atoms with van der Waals surface area (Å²) in [5, 5.41) is 23.0. The molecule has 8 heteroatoms. The number of aliphatic hydroxyl groups is 1. The molecule has 2 amide bonds. The molecule has 0 unspecified atom stereocenters. The quantitative estimate of drug-likeness (QED) is 0.601. The number of carbonyl (C=O) groups is 1. The fraction of sp³-hybridized carbons (Fsp3) is 0.333. The topological polar surface area (TPSA) is 102 Å². The SMILES string of the molecule is Cc1cc(-c2sc(NC(=O)N3CC[C@H]3C(C)(C)O)nc2-c2cccc(C#N)c2)cc(C)n1. The maximum Gasteiger partial charge on any atom is 0.323 e. The molecule has 4 rings (SSSR count). The summed E-state index contributed by atoms with van der Waals surface area (Å²) in [5.74, 6) is 0. The number of thiazole rings is 1. The fourth-order valence-corrected chi connectivity index (χ4v) is 4.96. The van der Waals surface area contributed by atoms with Crippen molar-refractivity contribution in [1.29, 1.82) is 5.26 Å². The molecule has 1 atom stereocenters. The monoisotopic (exact) mass is 447 g/mol. The zero-order valence-electron chi connectivity index (χ0n) is 18.5. The second-order valence-electron chi connectivity index (χ2n) is 8.61. The van der Waals surface area contributed by atoms with Gasteiger partial charge in [0.15, 0.2) is 5.13 Å². The van der Waals surface area contributed by atoms with Crippen LogP contribution in [0.15, 0.2) is 36.4 Å². The van der Waals surface area contributed by atoms with Crippen molar-refractivity contribution >= 4 is 22.5 Å². The molecule has 3 heterocycles. The Morgan fingerprint density at radius 3 is 2.53 bits per heavy atom. The van der Waals surface area contributed by atoms with Crippen LogP contribution in [0.1, 0.15) is 37.2 Å². The van der Waals surface area contributed by atoms with Gasteiger partial charge in [0.05, 0.1) is 33.8 Å². The van der Waals surface area contributed by atoms with Gasteiger partial charge in [-0.1, -0.05) is 23.5 Å². The Hall–Kier alpha value is -3.28. The van der Waals surface area contributed by atoms with E-state index in [0.29, 0.717) is 22.9 Å². The molecule has 0 spiro atoms. The molecule has 0 saturated carbocycles. The number of carbonyl (C=O) groups excluding carboxylic acids is 1. The van der Waals surface area contributed by atoms with E-state index in [1.54, 1.807) is 30.9 Å². The van der Waals surface area contributed by atoms with Crippen molar-refractivity contribution < 1.29 is 9.90 Å². The first-order chi connectivity index (χ1) is 15.2. The Labute approximate surface area is 191 Å². The first-order valence-electron chi connectivity index (χ1n) is 10.4. The number of benzene rings is 1. The Bertz CT molecular complexity index is 1200. The summed E-state index contributed by atoms with van der Waals surface area (Å²) in [4.78, 5) is 24.6. The fourth-order valence-electron chi connectivity index (χ4n) is 3.99. The average molecular weight is 448 g/mol. The van der Waals surface area contributed by atoms with Crippen LogP contribution in [0.3, 0.4) is 0 Å². The second kappa shape index (κ2) is 8.34. The smallest absolute Gasteiger partial charge is 0.323 e. The van der Waals surface area contributed by atoms with Gasteiger partial charge in [0.2, 0.25) is 0 Å². The summed E-state index contributed by atoms with van der Waals surface area (Å²) in [5.41, 5.74) is 3.84. The van der Waals surface area contributed by atoms with Crippen LogP contribution in [0.25, 0.3) is 21.7 Å². The number of pyridine rings is 1. The van der Waals surface area contributed by atoms with E-state index in [0.717, 1.165) is 33.8 Å². The van der Waals surface area contributed by atoms with E-state index in [1.807, 2.05) is 38.1 Å². The number of hydrogen-bond acceptors (Lipinski definition) is 6. The Morgan fingerprint density at radius 1 is 1.22 bits per heavy atom. The van der Waals surface area contributed by atoms with Crippen molar-refractivity contribution in [3.63, 3.8) is 0 Å². The van der Waals surface area contributed by atoms with Crippen molar-refractivity contribution in [1.82, 2.24) is 14.9 Å². The molecule has 164 valence electrons. The van der Waals surface area contributed by atoms with Gasteiger partial charge in [0, 0.05) is 23.5 Å². The Kier molecular flexibility index (Phi) is 5.71. The van der Waals surface area contributed by atoms with Crippen LogP contribution in [0.4, 0.5) is 9.93 Å². The molecular weight excluding hydrogens is 422 g/mol. The lowest BCUT2D eigenvalue weighted by Gasteiger charge is -2.46. The number of nitrogens with zero attached hydrogens (tertiary/aromatic N) is 4. The lowest BCUT2D eigenvalue weighted by molar-refractivity contribution is -0.0456. The van der Waals surface area contributed by atoms with Crippen LogP contribution < -0.4 is 5.32 Å². The number of aromatic nitrogens is 2. The molecule has 2 N–H and O–H groups in total. The van der Waals surface area contributed by atoms with Gasteiger partial charge >= 0.3 is 6.03 Å². The largest absolute Gasteiger partial charge is 0.388 e. The van der Waals surface area contributed by atoms with Crippen LogP contribution in [0.5, 0.6) is 0 Å². The molecule has 32 heavy (non-hydrogen) atoms. The molecule has 1 aliphatic rings. The number of urea groups is 1. The lowest BCUT2D eigenvalue weighted by atomic mass is 9.88. The number of amides is 2. The van der Waals surface area contributed by atoms with E-state index >= 15 is 0 Å². The zero-order valence-corrected chi connectivity index (χ0v) is 19.3. The highest BCUT2D eigenvalue weighted by molar-refractivity contribution is 7.19. The number of anilines is 1. The number of rotatable bonds is 4. The molecule has 0 aliphatic carbocycles. The first-order valence-corrected chi connectivity index (χ1v) is 11.2. The molecule has 0 bridgehead atoms. The van der Waals surface area contributed by atoms with E-state index in [1.165, 1.54) is 11.3 Å². The molecular formula is C24H25N5O2S. The summed E-state index contributed by atoms with van der Waals surface area (Å²) in [6.45, 7) is 7.91. The van der Waals surface area contributed by atoms with E-state index in [9.17, 15) is 15.2 Å². The van der Waals surface area contributed by atoms with Gasteiger partial charge < -0.3 is 10.0 Å². The Balaban J connectivity index is 1.72. The van der Waals surface area contributed by atoms with Crippen LogP contribution in [-0.2, 0) is 0 Å². The van der Waals surface area contributed by atoms with Gasteiger partial charge in [-0.25, -0.2) is 9.78 Å².